The number of hydrogen-bond acceptors (Lipinski definition) is 3. The molecule has 1 saturated heterocycles. The van der Waals surface area contributed by atoms with Crippen molar-refractivity contribution in [2.75, 3.05) is 13.1 Å². The predicted octanol–water partition coefficient (Wildman–Crippen LogP) is 1.20. The van der Waals surface area contributed by atoms with Gasteiger partial charge in [-0.3, -0.25) is 10.4 Å². The van der Waals surface area contributed by atoms with Crippen LogP contribution in [0.25, 0.3) is 0 Å². The summed E-state index contributed by atoms with van der Waals surface area (Å²) in [5.41, 5.74) is 0.685. The van der Waals surface area contributed by atoms with Crippen molar-refractivity contribution in [1.82, 2.24) is 9.88 Å². The van der Waals surface area contributed by atoms with Crippen LogP contribution in [0.4, 0.5) is 0 Å². The Kier molecular flexibility index (Phi) is 2.85. The van der Waals surface area contributed by atoms with Crippen LogP contribution in [0.15, 0.2) is 18.3 Å². The lowest BCUT2D eigenvalue weighted by Crippen LogP contribution is -2.28. The van der Waals surface area contributed by atoms with E-state index in [0.29, 0.717) is 11.5 Å². The lowest BCUT2D eigenvalue weighted by molar-refractivity contribution is 0.0696. The smallest absolute Gasteiger partial charge is 0.337 e. The van der Waals surface area contributed by atoms with Crippen LogP contribution in [0.5, 0.6) is 0 Å². The molecule has 0 atom stereocenters. The molecule has 0 aliphatic carbocycles. The van der Waals surface area contributed by atoms with Gasteiger partial charge in [0.15, 0.2) is 0 Å². The fourth-order valence-corrected chi connectivity index (χ4v) is 1.76. The van der Waals surface area contributed by atoms with Gasteiger partial charge in [-0.15, -0.1) is 0 Å². The van der Waals surface area contributed by atoms with Crippen LogP contribution in [0, 0.1) is 5.41 Å². The van der Waals surface area contributed by atoms with E-state index in [4.69, 9.17) is 10.5 Å². The van der Waals surface area contributed by atoms with Crippen LogP contribution in [0.1, 0.15) is 28.9 Å². The molecule has 0 spiro atoms. The molecular weight excluding hydrogens is 206 g/mol. The predicted molar refractivity (Wildman–Crippen MR) is 58.8 cm³/mol. The third-order valence-corrected chi connectivity index (χ3v) is 2.68. The maximum atomic E-state index is 10.6. The summed E-state index contributed by atoms with van der Waals surface area (Å²) < 4.78 is 0. The third kappa shape index (κ3) is 2.03. The number of nitrogens with one attached hydrogen (secondary N) is 1. The monoisotopic (exact) mass is 219 g/mol. The molecule has 0 radical (unpaired) electrons. The van der Waals surface area contributed by atoms with Crippen molar-refractivity contribution in [2.45, 2.75) is 12.8 Å². The molecule has 0 saturated carbocycles. The fraction of sp³-hybridized carbons (Fsp3) is 0.364. The number of pyridine rings is 1. The Labute approximate surface area is 93.2 Å². The second kappa shape index (κ2) is 4.30. The molecule has 2 heterocycles. The second-order valence-electron chi connectivity index (χ2n) is 3.78. The highest BCUT2D eigenvalue weighted by molar-refractivity contribution is 5.95. The Hall–Kier alpha value is -1.91. The Balaban J connectivity index is 2.14. The SMILES string of the molecule is N=C(c1ccc(C(=O)O)cn1)N1CCCC1. The summed E-state index contributed by atoms with van der Waals surface area (Å²) in [4.78, 5) is 16.6. The van der Waals surface area contributed by atoms with Crippen molar-refractivity contribution in [1.29, 1.82) is 5.41 Å². The average Bonchev–Trinajstić information content (AvgIpc) is 2.81. The van der Waals surface area contributed by atoms with Crippen LogP contribution in [-0.2, 0) is 0 Å². The number of rotatable bonds is 2. The van der Waals surface area contributed by atoms with Gasteiger partial charge in [0.2, 0.25) is 0 Å². The first-order valence-corrected chi connectivity index (χ1v) is 5.21. The quantitative estimate of drug-likeness (QED) is 0.578. The molecule has 1 aromatic rings. The maximum absolute atomic E-state index is 10.6. The summed E-state index contributed by atoms with van der Waals surface area (Å²) in [7, 11) is 0. The molecule has 16 heavy (non-hydrogen) atoms. The number of aromatic nitrogens is 1. The van der Waals surface area contributed by atoms with Crippen molar-refractivity contribution in [3.8, 4) is 0 Å². The molecule has 2 rings (SSSR count). The average molecular weight is 219 g/mol. The number of carboxylic acids is 1. The number of likely N-dealkylation sites (tertiary alicyclic amines) is 1. The molecule has 2 N–H and O–H groups in total. The van der Waals surface area contributed by atoms with E-state index in [1.165, 1.54) is 12.3 Å². The van der Waals surface area contributed by atoms with E-state index in [1.54, 1.807) is 6.07 Å². The van der Waals surface area contributed by atoms with E-state index >= 15 is 0 Å². The van der Waals surface area contributed by atoms with E-state index in [1.807, 2.05) is 4.90 Å². The van der Waals surface area contributed by atoms with Crippen molar-refractivity contribution < 1.29 is 9.90 Å². The standard InChI is InChI=1S/C11H13N3O2/c12-10(14-5-1-2-6-14)9-4-3-8(7-13-9)11(15)16/h3-4,7,12H,1-2,5-6H2,(H,15,16). The lowest BCUT2D eigenvalue weighted by Gasteiger charge is -2.17. The molecule has 0 unspecified atom stereocenters. The largest absolute Gasteiger partial charge is 0.478 e. The van der Waals surface area contributed by atoms with Crippen LogP contribution in [0.3, 0.4) is 0 Å². The Morgan fingerprint density at radius 3 is 2.56 bits per heavy atom. The van der Waals surface area contributed by atoms with Crippen LogP contribution >= 0.6 is 0 Å². The molecular formula is C11H13N3O2. The minimum Gasteiger partial charge on any atom is -0.478 e. The normalized spacial score (nSPS) is 15.1. The number of amidine groups is 1. The summed E-state index contributed by atoms with van der Waals surface area (Å²) in [5.74, 6) is -0.610. The lowest BCUT2D eigenvalue weighted by atomic mass is 10.2. The highest BCUT2D eigenvalue weighted by Crippen LogP contribution is 2.11. The number of nitrogens with zero attached hydrogens (tertiary/aromatic N) is 2. The van der Waals surface area contributed by atoms with Crippen molar-refractivity contribution in [3.05, 3.63) is 29.6 Å². The Morgan fingerprint density at radius 1 is 1.38 bits per heavy atom. The van der Waals surface area contributed by atoms with Gasteiger partial charge < -0.3 is 10.0 Å². The zero-order valence-electron chi connectivity index (χ0n) is 8.81. The van der Waals surface area contributed by atoms with E-state index in [0.717, 1.165) is 25.9 Å². The van der Waals surface area contributed by atoms with Gasteiger partial charge in [-0.1, -0.05) is 0 Å². The van der Waals surface area contributed by atoms with Crippen LogP contribution < -0.4 is 0 Å². The van der Waals surface area contributed by atoms with E-state index in [-0.39, 0.29) is 5.56 Å². The van der Waals surface area contributed by atoms with Crippen molar-refractivity contribution in [2.24, 2.45) is 0 Å². The molecule has 0 amide bonds. The third-order valence-electron chi connectivity index (χ3n) is 2.68. The van der Waals surface area contributed by atoms with Crippen molar-refractivity contribution in [3.63, 3.8) is 0 Å². The Morgan fingerprint density at radius 2 is 2.06 bits per heavy atom. The summed E-state index contributed by atoms with van der Waals surface area (Å²) in [6.45, 7) is 1.78. The van der Waals surface area contributed by atoms with E-state index in [9.17, 15) is 4.79 Å². The highest BCUT2D eigenvalue weighted by atomic mass is 16.4. The first-order chi connectivity index (χ1) is 7.68. The molecule has 0 bridgehead atoms. The number of hydrogen-bond donors (Lipinski definition) is 2. The number of aromatic carboxylic acids is 1. The first-order valence-electron chi connectivity index (χ1n) is 5.21. The molecule has 1 aliphatic heterocycles. The molecule has 1 aliphatic rings. The summed E-state index contributed by atoms with van der Waals surface area (Å²) >= 11 is 0. The van der Waals surface area contributed by atoms with E-state index < -0.39 is 5.97 Å². The zero-order chi connectivity index (χ0) is 11.5. The molecule has 0 aromatic carbocycles. The molecule has 1 fully saturated rings. The minimum atomic E-state index is -0.994. The topological polar surface area (TPSA) is 77.3 Å². The van der Waals surface area contributed by atoms with Crippen LogP contribution in [0.2, 0.25) is 0 Å². The minimum absolute atomic E-state index is 0.151. The second-order valence-corrected chi connectivity index (χ2v) is 3.78. The highest BCUT2D eigenvalue weighted by Gasteiger charge is 2.17. The van der Waals surface area contributed by atoms with Gasteiger partial charge in [0.05, 0.1) is 5.56 Å². The summed E-state index contributed by atoms with van der Waals surface area (Å²) in [5, 5.41) is 16.6. The van der Waals surface area contributed by atoms with Gasteiger partial charge in [-0.05, 0) is 25.0 Å². The van der Waals surface area contributed by atoms with E-state index in [2.05, 4.69) is 4.98 Å². The number of carboxylic acid groups (broad SMARTS) is 1. The van der Waals surface area contributed by atoms with Gasteiger partial charge in [-0.25, -0.2) is 4.79 Å². The first kappa shape index (κ1) is 10.6. The number of carbonyl (C=O) groups is 1. The Bertz CT molecular complexity index is 408. The fourth-order valence-electron chi connectivity index (χ4n) is 1.76. The molecule has 5 heteroatoms. The maximum Gasteiger partial charge on any atom is 0.337 e. The van der Waals surface area contributed by atoms with Gasteiger partial charge in [0.25, 0.3) is 0 Å². The molecule has 5 nitrogen and oxygen atoms in total. The molecule has 84 valence electrons. The van der Waals surface area contributed by atoms with Crippen LogP contribution in [-0.4, -0.2) is 39.9 Å². The van der Waals surface area contributed by atoms with Gasteiger partial charge in [-0.2, -0.15) is 0 Å². The summed E-state index contributed by atoms with van der Waals surface area (Å²) in [6.07, 6.45) is 3.51. The zero-order valence-corrected chi connectivity index (χ0v) is 8.81. The van der Waals surface area contributed by atoms with Gasteiger partial charge in [0.1, 0.15) is 11.5 Å². The van der Waals surface area contributed by atoms with Gasteiger partial charge >= 0.3 is 5.97 Å². The summed E-state index contributed by atoms with van der Waals surface area (Å²) in [6, 6.07) is 3.07. The van der Waals surface area contributed by atoms with Gasteiger partial charge in [0, 0.05) is 19.3 Å². The molecule has 1 aromatic heterocycles. The van der Waals surface area contributed by atoms with Crippen molar-refractivity contribution >= 4 is 11.8 Å².